The highest BCUT2D eigenvalue weighted by molar-refractivity contribution is 6.30. The van der Waals surface area contributed by atoms with Gasteiger partial charge in [0.05, 0.1) is 0 Å². The standard InChI is InChI=1S/C18H23ClN2/c1-13(2)10-15-4-3-5-16(11-15)18(21-20)12-14-6-8-17(19)9-7-14/h3-9,11,13,18,21H,10,12,20H2,1-2H3. The van der Waals surface area contributed by atoms with Gasteiger partial charge in [0.2, 0.25) is 0 Å². The Balaban J connectivity index is 2.15. The van der Waals surface area contributed by atoms with Crippen molar-refractivity contribution < 1.29 is 0 Å². The van der Waals surface area contributed by atoms with E-state index in [1.807, 2.05) is 24.3 Å². The number of rotatable bonds is 6. The van der Waals surface area contributed by atoms with Gasteiger partial charge in [-0.25, -0.2) is 0 Å². The molecule has 2 rings (SSSR count). The maximum Gasteiger partial charge on any atom is 0.0500 e. The Morgan fingerprint density at radius 1 is 1.00 bits per heavy atom. The molecule has 0 spiro atoms. The summed E-state index contributed by atoms with van der Waals surface area (Å²) in [4.78, 5) is 0. The minimum Gasteiger partial charge on any atom is -0.271 e. The van der Waals surface area contributed by atoms with Crippen LogP contribution in [0.2, 0.25) is 5.02 Å². The number of hydrogen-bond acceptors (Lipinski definition) is 2. The van der Waals surface area contributed by atoms with Gasteiger partial charge in [0.1, 0.15) is 0 Å². The van der Waals surface area contributed by atoms with E-state index in [-0.39, 0.29) is 6.04 Å². The van der Waals surface area contributed by atoms with Crippen molar-refractivity contribution in [2.24, 2.45) is 11.8 Å². The van der Waals surface area contributed by atoms with Crippen molar-refractivity contribution in [1.82, 2.24) is 5.43 Å². The number of halogens is 1. The molecular weight excluding hydrogens is 280 g/mol. The Bertz CT molecular complexity index is 564. The van der Waals surface area contributed by atoms with Crippen molar-refractivity contribution >= 4 is 11.6 Å². The van der Waals surface area contributed by atoms with Gasteiger partial charge in [-0.3, -0.25) is 11.3 Å². The van der Waals surface area contributed by atoms with Gasteiger partial charge in [-0.1, -0.05) is 61.8 Å². The second-order valence-electron chi connectivity index (χ2n) is 5.89. The molecule has 2 aromatic carbocycles. The van der Waals surface area contributed by atoms with Crippen molar-refractivity contribution in [2.45, 2.75) is 32.7 Å². The second-order valence-corrected chi connectivity index (χ2v) is 6.33. The largest absolute Gasteiger partial charge is 0.271 e. The van der Waals surface area contributed by atoms with E-state index in [2.05, 4.69) is 43.5 Å². The molecule has 3 N–H and O–H groups in total. The zero-order valence-corrected chi connectivity index (χ0v) is 13.4. The van der Waals surface area contributed by atoms with Crippen LogP contribution in [-0.4, -0.2) is 0 Å². The van der Waals surface area contributed by atoms with E-state index in [0.717, 1.165) is 17.9 Å². The fourth-order valence-corrected chi connectivity index (χ4v) is 2.66. The molecule has 112 valence electrons. The monoisotopic (exact) mass is 302 g/mol. The first-order valence-corrected chi connectivity index (χ1v) is 7.75. The zero-order chi connectivity index (χ0) is 15.2. The second kappa shape index (κ2) is 7.60. The molecule has 3 heteroatoms. The van der Waals surface area contributed by atoms with Gasteiger partial charge in [-0.15, -0.1) is 0 Å². The number of nitrogens with two attached hydrogens (primary N) is 1. The molecule has 0 fully saturated rings. The van der Waals surface area contributed by atoms with Crippen LogP contribution in [0.5, 0.6) is 0 Å². The molecule has 0 aliphatic rings. The Labute approximate surface area is 132 Å². The average Bonchev–Trinajstić information content (AvgIpc) is 2.46. The Kier molecular flexibility index (Phi) is 5.80. The molecule has 1 unspecified atom stereocenters. The highest BCUT2D eigenvalue weighted by Crippen LogP contribution is 2.21. The maximum atomic E-state index is 5.93. The molecule has 0 heterocycles. The Hall–Kier alpha value is -1.35. The Morgan fingerprint density at radius 3 is 2.33 bits per heavy atom. The molecule has 0 radical (unpaired) electrons. The zero-order valence-electron chi connectivity index (χ0n) is 12.6. The van der Waals surface area contributed by atoms with Crippen LogP contribution in [0, 0.1) is 5.92 Å². The molecule has 1 atom stereocenters. The van der Waals surface area contributed by atoms with Crippen molar-refractivity contribution in [3.8, 4) is 0 Å². The van der Waals surface area contributed by atoms with Crippen LogP contribution in [0.25, 0.3) is 0 Å². The summed E-state index contributed by atoms with van der Waals surface area (Å²) in [7, 11) is 0. The predicted octanol–water partition coefficient (Wildman–Crippen LogP) is 4.29. The quantitative estimate of drug-likeness (QED) is 0.617. The van der Waals surface area contributed by atoms with E-state index in [4.69, 9.17) is 17.4 Å². The normalized spacial score (nSPS) is 12.6. The smallest absolute Gasteiger partial charge is 0.0500 e. The number of hydrazine groups is 1. The van der Waals surface area contributed by atoms with E-state index in [0.29, 0.717) is 5.92 Å². The summed E-state index contributed by atoms with van der Waals surface area (Å²) in [6, 6.07) is 16.7. The highest BCUT2D eigenvalue weighted by Gasteiger charge is 2.11. The van der Waals surface area contributed by atoms with Gasteiger partial charge in [0.15, 0.2) is 0 Å². The van der Waals surface area contributed by atoms with Crippen molar-refractivity contribution in [3.05, 3.63) is 70.2 Å². The molecule has 0 aliphatic heterocycles. The Morgan fingerprint density at radius 2 is 1.71 bits per heavy atom. The summed E-state index contributed by atoms with van der Waals surface area (Å²) in [5.41, 5.74) is 6.74. The summed E-state index contributed by atoms with van der Waals surface area (Å²) in [6.07, 6.45) is 1.94. The minimum absolute atomic E-state index is 0.110. The van der Waals surface area contributed by atoms with Crippen LogP contribution in [0.3, 0.4) is 0 Å². The van der Waals surface area contributed by atoms with Crippen LogP contribution in [0.1, 0.15) is 36.6 Å². The van der Waals surface area contributed by atoms with Crippen LogP contribution in [-0.2, 0) is 12.8 Å². The summed E-state index contributed by atoms with van der Waals surface area (Å²) in [5, 5.41) is 0.759. The lowest BCUT2D eigenvalue weighted by Gasteiger charge is -2.18. The molecule has 0 amide bonds. The number of nitrogens with one attached hydrogen (secondary N) is 1. The van der Waals surface area contributed by atoms with Crippen molar-refractivity contribution in [3.63, 3.8) is 0 Å². The predicted molar refractivity (Wildman–Crippen MR) is 90.2 cm³/mol. The third-order valence-corrected chi connectivity index (χ3v) is 3.80. The lowest BCUT2D eigenvalue weighted by Crippen LogP contribution is -2.29. The molecule has 0 bridgehead atoms. The molecule has 0 saturated carbocycles. The lowest BCUT2D eigenvalue weighted by atomic mass is 9.95. The van der Waals surface area contributed by atoms with Crippen molar-refractivity contribution in [2.75, 3.05) is 0 Å². The van der Waals surface area contributed by atoms with Crippen LogP contribution >= 0.6 is 11.6 Å². The van der Waals surface area contributed by atoms with Crippen LogP contribution < -0.4 is 11.3 Å². The molecule has 0 aromatic heterocycles. The van der Waals surface area contributed by atoms with E-state index in [1.54, 1.807) is 0 Å². The fraction of sp³-hybridized carbons (Fsp3) is 0.333. The highest BCUT2D eigenvalue weighted by atomic mass is 35.5. The first-order chi connectivity index (χ1) is 10.1. The summed E-state index contributed by atoms with van der Waals surface area (Å²) in [6.45, 7) is 4.47. The maximum absolute atomic E-state index is 5.93. The summed E-state index contributed by atoms with van der Waals surface area (Å²) >= 11 is 5.93. The average molecular weight is 303 g/mol. The van der Waals surface area contributed by atoms with Gasteiger partial charge >= 0.3 is 0 Å². The minimum atomic E-state index is 0.110. The van der Waals surface area contributed by atoms with Gasteiger partial charge in [-0.2, -0.15) is 0 Å². The van der Waals surface area contributed by atoms with Crippen LogP contribution in [0.15, 0.2) is 48.5 Å². The molecule has 2 aromatic rings. The van der Waals surface area contributed by atoms with Crippen molar-refractivity contribution in [1.29, 1.82) is 0 Å². The van der Waals surface area contributed by atoms with E-state index >= 15 is 0 Å². The molecule has 0 saturated heterocycles. The van der Waals surface area contributed by atoms with E-state index in [1.165, 1.54) is 16.7 Å². The first kappa shape index (κ1) is 16.0. The van der Waals surface area contributed by atoms with E-state index in [9.17, 15) is 0 Å². The molecular formula is C18H23ClN2. The molecule has 2 nitrogen and oxygen atoms in total. The number of hydrogen-bond donors (Lipinski definition) is 2. The molecule has 0 aliphatic carbocycles. The molecule has 21 heavy (non-hydrogen) atoms. The number of benzene rings is 2. The first-order valence-electron chi connectivity index (χ1n) is 7.38. The summed E-state index contributed by atoms with van der Waals surface area (Å²) < 4.78 is 0. The van der Waals surface area contributed by atoms with Gasteiger partial charge < -0.3 is 0 Å². The van der Waals surface area contributed by atoms with Gasteiger partial charge in [0, 0.05) is 11.1 Å². The third-order valence-electron chi connectivity index (χ3n) is 3.55. The lowest BCUT2D eigenvalue weighted by molar-refractivity contribution is 0.550. The van der Waals surface area contributed by atoms with Crippen LogP contribution in [0.4, 0.5) is 0 Å². The van der Waals surface area contributed by atoms with E-state index < -0.39 is 0 Å². The van der Waals surface area contributed by atoms with Gasteiger partial charge in [-0.05, 0) is 47.6 Å². The SMILES string of the molecule is CC(C)Cc1cccc(C(Cc2ccc(Cl)cc2)NN)c1. The topological polar surface area (TPSA) is 38.0 Å². The van der Waals surface area contributed by atoms with Gasteiger partial charge in [0.25, 0.3) is 0 Å². The summed E-state index contributed by atoms with van der Waals surface area (Å²) in [5.74, 6) is 6.41. The third kappa shape index (κ3) is 4.85. The fourth-order valence-electron chi connectivity index (χ4n) is 2.54.